The van der Waals surface area contributed by atoms with E-state index in [1.807, 2.05) is 0 Å². The molecule has 0 amide bonds. The molecule has 0 nitrogen and oxygen atoms in total. The molecule has 5 heavy (non-hydrogen) atoms. The molecule has 0 saturated heterocycles. The molecule has 0 fully saturated rings. The van der Waals surface area contributed by atoms with Crippen molar-refractivity contribution < 1.29 is 0 Å². The average Bonchev–Trinajstić information content (AvgIpc) is 0.722. The molecule has 5 heteroatoms. The Kier molecular flexibility index (Phi) is 3.37. The molecule has 0 aliphatic rings. The zero-order valence-corrected chi connectivity index (χ0v) is 8.12. The van der Waals surface area contributed by atoms with E-state index >= 15 is 0 Å². The Morgan fingerprint density at radius 3 is 0.800 bits per heavy atom. The topological polar surface area (TPSA) is 0 Å². The molecule has 0 heterocycles. The summed E-state index contributed by atoms with van der Waals surface area (Å²) in [6.07, 6.45) is 0. The molecule has 0 aromatic rings. The monoisotopic (exact) mass is 349 g/mol. The molecule has 0 spiro atoms. The van der Waals surface area contributed by atoms with Gasteiger partial charge in [0.2, 0.25) is 0 Å². The van der Waals surface area contributed by atoms with Gasteiger partial charge in [-0.15, -0.1) is 0 Å². The standard InChI is InChI=1S/4ClH.Po/h4*1H;/q;;;;+4/p-4. The van der Waals surface area contributed by atoms with Crippen molar-refractivity contribution in [3.05, 3.63) is 0 Å². The van der Waals surface area contributed by atoms with E-state index in [1.54, 1.807) is 0 Å². The van der Waals surface area contributed by atoms with Crippen LogP contribution in [-0.2, 0) is 0 Å². The van der Waals surface area contributed by atoms with Crippen LogP contribution in [0, 0.1) is 0 Å². The van der Waals surface area contributed by atoms with Crippen molar-refractivity contribution in [3.8, 4) is 0 Å². The summed E-state index contributed by atoms with van der Waals surface area (Å²) in [6, 6.07) is 0. The van der Waals surface area contributed by atoms with Crippen molar-refractivity contribution in [2.75, 3.05) is 0 Å². The van der Waals surface area contributed by atoms with Gasteiger partial charge in [0.15, 0.2) is 0 Å². The van der Waals surface area contributed by atoms with Crippen LogP contribution in [0.3, 0.4) is 0 Å². The van der Waals surface area contributed by atoms with Gasteiger partial charge in [0.1, 0.15) is 0 Å². The third-order valence-electron chi connectivity index (χ3n) is 0. The van der Waals surface area contributed by atoms with E-state index in [4.69, 9.17) is 33.8 Å². The molecule has 0 bridgehead atoms. The number of rotatable bonds is 0. The first-order chi connectivity index (χ1) is 2.00. The van der Waals surface area contributed by atoms with Crippen LogP contribution in [0.4, 0.5) is 0 Å². The van der Waals surface area contributed by atoms with Crippen LogP contribution in [-0.4, -0.2) is 15.8 Å². The summed E-state index contributed by atoms with van der Waals surface area (Å²) in [5.74, 6) is 0. The Bertz CT molecular complexity index is 19.1. The molecule has 0 atom stereocenters. The molecule has 0 rings (SSSR count). The fourth-order valence-corrected chi connectivity index (χ4v) is 0. The number of hydrogen-bond donors (Lipinski definition) is 0. The van der Waals surface area contributed by atoms with Gasteiger partial charge >= 0.3 is 49.5 Å². The van der Waals surface area contributed by atoms with Gasteiger partial charge in [-0.2, -0.15) is 0 Å². The fourth-order valence-electron chi connectivity index (χ4n) is 0. The van der Waals surface area contributed by atoms with Crippen LogP contribution in [0.5, 0.6) is 0 Å². The van der Waals surface area contributed by atoms with Gasteiger partial charge in [-0.3, -0.25) is 0 Å². The van der Waals surface area contributed by atoms with E-state index in [1.165, 1.54) is 0 Å². The molecule has 0 saturated carbocycles. The maximum atomic E-state index is 5.03. The zero-order valence-electron chi connectivity index (χ0n) is 1.92. The van der Waals surface area contributed by atoms with Gasteiger partial charge in [0.05, 0.1) is 0 Å². The van der Waals surface area contributed by atoms with Crippen LogP contribution < -0.4 is 0 Å². The first kappa shape index (κ1) is 7.06. The Morgan fingerprint density at radius 1 is 0.800 bits per heavy atom. The molecule has 34 valence electrons. The molecule has 0 N–H and O–H groups in total. The van der Waals surface area contributed by atoms with Gasteiger partial charge in [0.25, 0.3) is 0 Å². The van der Waals surface area contributed by atoms with Crippen LogP contribution in [0.1, 0.15) is 0 Å². The Balaban J connectivity index is 3.02. The van der Waals surface area contributed by atoms with Crippen LogP contribution in [0.15, 0.2) is 0 Å². The number of halogens is 4. The third kappa shape index (κ3) is 23.6. The van der Waals surface area contributed by atoms with Gasteiger partial charge in [-0.05, 0) is 0 Å². The summed E-state index contributed by atoms with van der Waals surface area (Å²) in [5.41, 5.74) is 0. The molecular formula is Cl4Po. The van der Waals surface area contributed by atoms with E-state index in [0.717, 1.165) is 0 Å². The minimum atomic E-state index is -3.28. The summed E-state index contributed by atoms with van der Waals surface area (Å²) in [7, 11) is 20.1. The summed E-state index contributed by atoms with van der Waals surface area (Å²) in [6.45, 7) is 0. The van der Waals surface area contributed by atoms with Crippen molar-refractivity contribution in [2.45, 2.75) is 0 Å². The second kappa shape index (κ2) is 2.39. The Labute approximate surface area is 48.9 Å². The van der Waals surface area contributed by atoms with Crippen molar-refractivity contribution in [3.63, 3.8) is 0 Å². The van der Waals surface area contributed by atoms with Crippen LogP contribution in [0.2, 0.25) is 0 Å². The summed E-state index contributed by atoms with van der Waals surface area (Å²) in [5, 5.41) is 0. The first-order valence-electron chi connectivity index (χ1n) is 0.617. The van der Waals surface area contributed by atoms with E-state index in [0.29, 0.717) is 0 Å². The van der Waals surface area contributed by atoms with Crippen LogP contribution >= 0.6 is 33.8 Å². The zero-order chi connectivity index (χ0) is 4.50. The molecule has 0 unspecified atom stereocenters. The van der Waals surface area contributed by atoms with Gasteiger partial charge in [-0.25, -0.2) is 0 Å². The van der Waals surface area contributed by atoms with Crippen molar-refractivity contribution in [1.82, 2.24) is 0 Å². The molecular weight excluding hydrogens is 351 g/mol. The quantitative estimate of drug-likeness (QED) is 0.629. The predicted molar refractivity (Wildman–Crippen MR) is 29.2 cm³/mol. The van der Waals surface area contributed by atoms with Gasteiger partial charge in [0, 0.05) is 0 Å². The van der Waals surface area contributed by atoms with E-state index in [2.05, 4.69) is 0 Å². The number of hydrogen-bond acceptors (Lipinski definition) is 0. The molecule has 0 aliphatic heterocycles. The summed E-state index contributed by atoms with van der Waals surface area (Å²) >= 11 is -3.28. The van der Waals surface area contributed by atoms with Gasteiger partial charge in [-0.1, -0.05) is 0 Å². The van der Waals surface area contributed by atoms with Crippen molar-refractivity contribution in [1.29, 1.82) is 0 Å². The SMILES string of the molecule is [Cl][Po]([Cl])([Cl])[Cl]. The molecule has 0 aromatic heterocycles. The molecule has 0 radical (unpaired) electrons. The maximum absolute atomic E-state index is 5.03. The summed E-state index contributed by atoms with van der Waals surface area (Å²) < 4.78 is 0. The van der Waals surface area contributed by atoms with E-state index in [9.17, 15) is 0 Å². The van der Waals surface area contributed by atoms with Crippen molar-refractivity contribution >= 4 is 49.5 Å². The summed E-state index contributed by atoms with van der Waals surface area (Å²) in [4.78, 5) is 0. The second-order valence-corrected chi connectivity index (χ2v) is 27.6. The van der Waals surface area contributed by atoms with E-state index in [-0.39, 0.29) is 0 Å². The average molecular weight is 351 g/mol. The Morgan fingerprint density at radius 2 is 0.800 bits per heavy atom. The minimum absolute atomic E-state index is 3.28. The fraction of sp³-hybridized carbons (Fsp3) is 0. The van der Waals surface area contributed by atoms with Gasteiger partial charge < -0.3 is 0 Å². The second-order valence-electron chi connectivity index (χ2n) is 0.350. The first-order valence-corrected chi connectivity index (χ1v) is 16.2. The van der Waals surface area contributed by atoms with Crippen LogP contribution in [0.25, 0.3) is 0 Å². The Hall–Kier alpha value is 2.06. The normalized spacial score (nSPS) is 15.2. The molecule has 0 aliphatic carbocycles. The third-order valence-corrected chi connectivity index (χ3v) is 0. The van der Waals surface area contributed by atoms with E-state index < -0.39 is 15.8 Å². The predicted octanol–water partition coefficient (Wildman–Crippen LogP) is 2.38. The van der Waals surface area contributed by atoms with Crippen molar-refractivity contribution in [2.24, 2.45) is 0 Å². The molecule has 0 aromatic carbocycles.